The van der Waals surface area contributed by atoms with E-state index in [0.29, 0.717) is 11.8 Å². The zero-order valence-electron chi connectivity index (χ0n) is 18.8. The lowest BCUT2D eigenvalue weighted by atomic mass is 9.63. The number of aromatic nitrogens is 1. The molecule has 1 atom stereocenters. The Bertz CT molecular complexity index is 924. The molecule has 1 unspecified atom stereocenters. The molecule has 170 valence electrons. The van der Waals surface area contributed by atoms with Gasteiger partial charge in [-0.15, -0.1) is 0 Å². The molecule has 2 saturated heterocycles. The summed E-state index contributed by atoms with van der Waals surface area (Å²) in [4.78, 5) is 25.3. The van der Waals surface area contributed by atoms with Crippen LogP contribution in [-0.2, 0) is 10.2 Å². The van der Waals surface area contributed by atoms with E-state index in [2.05, 4.69) is 37.9 Å². The second-order valence-corrected chi connectivity index (χ2v) is 10.1. The van der Waals surface area contributed by atoms with Crippen LogP contribution >= 0.6 is 11.6 Å². The number of carbonyl (C=O) groups is 1. The third-order valence-corrected chi connectivity index (χ3v) is 7.90. The van der Waals surface area contributed by atoms with E-state index in [-0.39, 0.29) is 5.41 Å². The Hall–Kier alpha value is -2.11. The smallest absolute Gasteiger partial charge is 0.233 e. The Morgan fingerprint density at radius 2 is 1.88 bits per heavy atom. The first kappa shape index (κ1) is 21.7. The second-order valence-electron chi connectivity index (χ2n) is 9.68. The summed E-state index contributed by atoms with van der Waals surface area (Å²) in [7, 11) is 0. The monoisotopic (exact) mass is 452 g/mol. The number of piperidine rings is 1. The van der Waals surface area contributed by atoms with Gasteiger partial charge in [0.2, 0.25) is 5.91 Å². The van der Waals surface area contributed by atoms with Crippen LogP contribution in [0.4, 0.5) is 5.82 Å². The van der Waals surface area contributed by atoms with Gasteiger partial charge in [0.05, 0.1) is 5.41 Å². The molecule has 0 bridgehead atoms. The molecule has 3 fully saturated rings. The van der Waals surface area contributed by atoms with Crippen LogP contribution in [0.2, 0.25) is 5.02 Å². The van der Waals surface area contributed by atoms with Gasteiger partial charge in [-0.05, 0) is 61.4 Å². The number of anilines is 1. The summed E-state index contributed by atoms with van der Waals surface area (Å²) in [5, 5.41) is 0.725. The zero-order valence-corrected chi connectivity index (χ0v) is 19.5. The number of hydrogen-bond donors (Lipinski definition) is 0. The summed E-state index contributed by atoms with van der Waals surface area (Å²) >= 11 is 6.27. The third kappa shape index (κ3) is 4.38. The van der Waals surface area contributed by atoms with Crippen LogP contribution in [0.1, 0.15) is 37.7 Å². The summed E-state index contributed by atoms with van der Waals surface area (Å²) < 4.78 is 0. The molecule has 1 aromatic carbocycles. The third-order valence-electron chi connectivity index (χ3n) is 7.66. The fourth-order valence-electron chi connectivity index (χ4n) is 5.71. The van der Waals surface area contributed by atoms with E-state index in [1.54, 1.807) is 0 Å². The largest absolute Gasteiger partial charge is 0.354 e. The number of carbonyl (C=O) groups excluding carboxylic acids is 1. The van der Waals surface area contributed by atoms with Crippen molar-refractivity contribution in [1.82, 2.24) is 14.8 Å². The Morgan fingerprint density at radius 3 is 2.56 bits per heavy atom. The van der Waals surface area contributed by atoms with E-state index < -0.39 is 0 Å². The van der Waals surface area contributed by atoms with Gasteiger partial charge in [0.1, 0.15) is 5.82 Å². The van der Waals surface area contributed by atoms with E-state index in [1.165, 1.54) is 6.42 Å². The normalized spacial score (nSPS) is 23.6. The standard InChI is InChI=1S/C26H33ClN4O/c27-23-8-3-7-22(18-23)26(10-5-11-26)25(32)31-13-4-6-21(20-31)19-29-14-16-30(17-15-29)24-9-1-2-12-28-24/h1-3,7-9,12,18,21H,4-6,10-11,13-17,19-20H2. The zero-order chi connectivity index (χ0) is 22.0. The molecule has 6 heteroatoms. The Labute approximate surface area is 196 Å². The van der Waals surface area contributed by atoms with Gasteiger partial charge in [-0.2, -0.15) is 0 Å². The molecule has 0 N–H and O–H groups in total. The van der Waals surface area contributed by atoms with Crippen molar-refractivity contribution in [3.8, 4) is 0 Å². The second kappa shape index (κ2) is 9.40. The number of likely N-dealkylation sites (tertiary alicyclic amines) is 1. The van der Waals surface area contributed by atoms with Crippen molar-refractivity contribution in [2.45, 2.75) is 37.5 Å². The molecule has 3 heterocycles. The number of hydrogen-bond acceptors (Lipinski definition) is 4. The number of nitrogens with zero attached hydrogens (tertiary/aromatic N) is 4. The molecular formula is C26H33ClN4O. The van der Waals surface area contributed by atoms with Gasteiger partial charge in [0.15, 0.2) is 0 Å². The van der Waals surface area contributed by atoms with Crippen LogP contribution in [0.3, 0.4) is 0 Å². The molecule has 1 saturated carbocycles. The van der Waals surface area contributed by atoms with E-state index in [4.69, 9.17) is 11.6 Å². The van der Waals surface area contributed by atoms with Gasteiger partial charge in [-0.3, -0.25) is 9.69 Å². The van der Waals surface area contributed by atoms with E-state index in [0.717, 1.165) is 87.9 Å². The maximum absolute atomic E-state index is 13.7. The van der Waals surface area contributed by atoms with Crippen molar-refractivity contribution >= 4 is 23.3 Å². The number of amides is 1. The van der Waals surface area contributed by atoms with E-state index in [9.17, 15) is 4.79 Å². The Morgan fingerprint density at radius 1 is 1.03 bits per heavy atom. The van der Waals surface area contributed by atoms with E-state index in [1.807, 2.05) is 30.5 Å². The highest BCUT2D eigenvalue weighted by Crippen LogP contribution is 2.46. The highest BCUT2D eigenvalue weighted by atomic mass is 35.5. The van der Waals surface area contributed by atoms with Gasteiger partial charge >= 0.3 is 0 Å². The molecular weight excluding hydrogens is 420 g/mol. The molecule has 5 nitrogen and oxygen atoms in total. The predicted octanol–water partition coefficient (Wildman–Crippen LogP) is 4.22. The molecule has 1 aliphatic carbocycles. The number of pyridine rings is 1. The van der Waals surface area contributed by atoms with Gasteiger partial charge < -0.3 is 9.80 Å². The van der Waals surface area contributed by atoms with Gasteiger partial charge in [-0.1, -0.05) is 36.2 Å². The molecule has 2 aliphatic heterocycles. The number of benzene rings is 1. The van der Waals surface area contributed by atoms with Crippen molar-refractivity contribution in [3.63, 3.8) is 0 Å². The topological polar surface area (TPSA) is 39.7 Å². The summed E-state index contributed by atoms with van der Waals surface area (Å²) in [5.74, 6) is 1.97. The Kier molecular flexibility index (Phi) is 6.38. The fraction of sp³-hybridized carbons (Fsp3) is 0.538. The highest BCUT2D eigenvalue weighted by Gasteiger charge is 2.48. The molecule has 1 aromatic heterocycles. The molecule has 0 spiro atoms. The molecule has 0 radical (unpaired) electrons. The van der Waals surface area contributed by atoms with Crippen LogP contribution in [0.5, 0.6) is 0 Å². The van der Waals surface area contributed by atoms with Gasteiger partial charge in [-0.25, -0.2) is 4.98 Å². The molecule has 1 amide bonds. The summed E-state index contributed by atoms with van der Waals surface area (Å²) in [5.41, 5.74) is 0.759. The summed E-state index contributed by atoms with van der Waals surface area (Å²) in [6, 6.07) is 14.1. The van der Waals surface area contributed by atoms with Crippen molar-refractivity contribution in [3.05, 3.63) is 59.2 Å². The van der Waals surface area contributed by atoms with Crippen LogP contribution in [0.25, 0.3) is 0 Å². The number of piperazine rings is 1. The Balaban J connectivity index is 1.18. The number of halogens is 1. The predicted molar refractivity (Wildman–Crippen MR) is 129 cm³/mol. The average molecular weight is 453 g/mol. The van der Waals surface area contributed by atoms with E-state index >= 15 is 0 Å². The minimum Gasteiger partial charge on any atom is -0.354 e. The maximum atomic E-state index is 13.7. The lowest BCUT2D eigenvalue weighted by Gasteiger charge is -2.46. The summed E-state index contributed by atoms with van der Waals surface area (Å²) in [6.45, 7) is 7.03. The highest BCUT2D eigenvalue weighted by molar-refractivity contribution is 6.30. The first-order chi connectivity index (χ1) is 15.6. The minimum atomic E-state index is -0.346. The quantitative estimate of drug-likeness (QED) is 0.681. The molecule has 3 aliphatic rings. The van der Waals surface area contributed by atoms with Crippen LogP contribution < -0.4 is 4.90 Å². The fourth-order valence-corrected chi connectivity index (χ4v) is 5.90. The maximum Gasteiger partial charge on any atom is 0.233 e. The van der Waals surface area contributed by atoms with Crippen LogP contribution in [-0.4, -0.2) is 66.5 Å². The van der Waals surface area contributed by atoms with Crippen LogP contribution in [0, 0.1) is 5.92 Å². The molecule has 32 heavy (non-hydrogen) atoms. The minimum absolute atomic E-state index is 0.329. The van der Waals surface area contributed by atoms with Crippen molar-refractivity contribution in [2.24, 2.45) is 5.92 Å². The van der Waals surface area contributed by atoms with Crippen LogP contribution in [0.15, 0.2) is 48.7 Å². The SMILES string of the molecule is O=C(N1CCCC(CN2CCN(c3ccccn3)CC2)C1)C1(c2cccc(Cl)c2)CCC1. The lowest BCUT2D eigenvalue weighted by Crippen LogP contribution is -2.55. The van der Waals surface area contributed by atoms with Crippen molar-refractivity contribution in [2.75, 3.05) is 50.7 Å². The lowest BCUT2D eigenvalue weighted by molar-refractivity contribution is -0.143. The molecule has 2 aromatic rings. The average Bonchev–Trinajstić information content (AvgIpc) is 2.80. The molecule has 5 rings (SSSR count). The van der Waals surface area contributed by atoms with Gasteiger partial charge in [0.25, 0.3) is 0 Å². The summed E-state index contributed by atoms with van der Waals surface area (Å²) in [6.07, 6.45) is 7.21. The first-order valence-electron chi connectivity index (χ1n) is 12.1. The van der Waals surface area contributed by atoms with Crippen molar-refractivity contribution < 1.29 is 4.79 Å². The first-order valence-corrected chi connectivity index (χ1v) is 12.5. The number of rotatable bonds is 5. The van der Waals surface area contributed by atoms with Gasteiger partial charge in [0, 0.05) is 57.0 Å². The van der Waals surface area contributed by atoms with Crippen molar-refractivity contribution in [1.29, 1.82) is 0 Å².